The quantitative estimate of drug-likeness (QED) is 0.592. The van der Waals surface area contributed by atoms with Crippen LogP contribution in [0.2, 0.25) is 0 Å². The fourth-order valence-electron chi connectivity index (χ4n) is 3.61. The number of fused-ring (bicyclic) bond motifs is 3. The molecule has 0 aliphatic carbocycles. The van der Waals surface area contributed by atoms with Gasteiger partial charge in [-0.25, -0.2) is 4.79 Å². The lowest BCUT2D eigenvalue weighted by Crippen LogP contribution is -2.06. The van der Waals surface area contributed by atoms with Crippen molar-refractivity contribution >= 4 is 5.97 Å². The maximum atomic E-state index is 12.7. The number of ether oxygens (including phenoxy) is 5. The second kappa shape index (κ2) is 8.47. The van der Waals surface area contributed by atoms with Gasteiger partial charge in [-0.3, -0.25) is 0 Å². The van der Waals surface area contributed by atoms with Gasteiger partial charge in [-0.15, -0.1) is 0 Å². The summed E-state index contributed by atoms with van der Waals surface area (Å²) in [6.07, 6.45) is 0. The van der Waals surface area contributed by atoms with E-state index in [2.05, 4.69) is 0 Å². The van der Waals surface area contributed by atoms with Crippen molar-refractivity contribution in [2.45, 2.75) is 13.2 Å². The lowest BCUT2D eigenvalue weighted by molar-refractivity contribution is 0.0475. The second-order valence-electron chi connectivity index (χ2n) is 6.89. The van der Waals surface area contributed by atoms with E-state index < -0.39 is 5.97 Å². The molecule has 31 heavy (non-hydrogen) atoms. The number of methoxy groups -OCH3 is 3. The first-order chi connectivity index (χ1) is 15.1. The molecular weight excluding hydrogens is 400 g/mol. The SMILES string of the molecule is COc1cc(OC)c2c(c1)-c1c(cc(OC)c(OCc3ccccc3)c1O)COC2=O. The average Bonchev–Trinajstić information content (AvgIpc) is 2.94. The molecule has 4 rings (SSSR count). The molecule has 0 amide bonds. The molecule has 0 saturated carbocycles. The van der Waals surface area contributed by atoms with E-state index in [1.54, 1.807) is 18.2 Å². The summed E-state index contributed by atoms with van der Waals surface area (Å²) in [5, 5.41) is 11.3. The van der Waals surface area contributed by atoms with Crippen LogP contribution >= 0.6 is 0 Å². The van der Waals surface area contributed by atoms with Crippen molar-refractivity contribution in [3.63, 3.8) is 0 Å². The molecule has 0 aromatic heterocycles. The van der Waals surface area contributed by atoms with Crippen molar-refractivity contribution in [2.75, 3.05) is 21.3 Å². The van der Waals surface area contributed by atoms with E-state index >= 15 is 0 Å². The van der Waals surface area contributed by atoms with Gasteiger partial charge in [0.25, 0.3) is 0 Å². The minimum atomic E-state index is -0.559. The molecule has 1 aliphatic rings. The minimum absolute atomic E-state index is 0.0444. The molecule has 1 N–H and O–H groups in total. The summed E-state index contributed by atoms with van der Waals surface area (Å²) in [6, 6.07) is 14.5. The van der Waals surface area contributed by atoms with Crippen molar-refractivity contribution in [3.8, 4) is 39.9 Å². The van der Waals surface area contributed by atoms with Crippen LogP contribution in [0.15, 0.2) is 48.5 Å². The van der Waals surface area contributed by atoms with Gasteiger partial charge >= 0.3 is 5.97 Å². The third-order valence-electron chi connectivity index (χ3n) is 5.11. The van der Waals surface area contributed by atoms with E-state index in [0.717, 1.165) is 5.56 Å². The van der Waals surface area contributed by atoms with Crippen LogP contribution in [0.1, 0.15) is 21.5 Å². The van der Waals surface area contributed by atoms with Crippen LogP contribution in [-0.2, 0) is 18.0 Å². The summed E-state index contributed by atoms with van der Waals surface area (Å²) < 4.78 is 27.6. The topological polar surface area (TPSA) is 83.5 Å². The molecule has 1 heterocycles. The molecule has 0 spiro atoms. The average molecular weight is 422 g/mol. The first-order valence-corrected chi connectivity index (χ1v) is 9.60. The summed E-state index contributed by atoms with van der Waals surface area (Å²) in [5.74, 6) is 0.553. The van der Waals surface area contributed by atoms with Gasteiger partial charge < -0.3 is 28.8 Å². The number of phenolic OH excluding ortho intramolecular Hbond substituents is 1. The van der Waals surface area contributed by atoms with Crippen LogP contribution in [0.3, 0.4) is 0 Å². The van der Waals surface area contributed by atoms with E-state index in [1.807, 2.05) is 30.3 Å². The van der Waals surface area contributed by atoms with Crippen molar-refractivity contribution in [1.29, 1.82) is 0 Å². The van der Waals surface area contributed by atoms with Gasteiger partial charge in [0.15, 0.2) is 11.5 Å². The van der Waals surface area contributed by atoms with Gasteiger partial charge in [0.05, 0.1) is 21.3 Å². The van der Waals surface area contributed by atoms with Gasteiger partial charge in [0, 0.05) is 22.8 Å². The number of esters is 1. The fraction of sp³-hybridized carbons (Fsp3) is 0.208. The largest absolute Gasteiger partial charge is 0.504 e. The number of rotatable bonds is 6. The third-order valence-corrected chi connectivity index (χ3v) is 5.11. The number of aromatic hydroxyl groups is 1. The molecule has 0 fully saturated rings. The van der Waals surface area contributed by atoms with E-state index in [4.69, 9.17) is 23.7 Å². The molecule has 3 aromatic rings. The monoisotopic (exact) mass is 422 g/mol. The number of hydrogen-bond acceptors (Lipinski definition) is 7. The van der Waals surface area contributed by atoms with E-state index in [-0.39, 0.29) is 36.0 Å². The Bertz CT molecular complexity index is 1120. The maximum Gasteiger partial charge on any atom is 0.342 e. The molecule has 0 unspecified atom stereocenters. The zero-order valence-corrected chi connectivity index (χ0v) is 17.4. The van der Waals surface area contributed by atoms with Gasteiger partial charge in [-0.1, -0.05) is 30.3 Å². The number of hydrogen-bond donors (Lipinski definition) is 1. The summed E-state index contributed by atoms with van der Waals surface area (Å²) >= 11 is 0. The summed E-state index contributed by atoms with van der Waals surface area (Å²) in [7, 11) is 4.45. The highest BCUT2D eigenvalue weighted by molar-refractivity contribution is 6.03. The first kappa shape index (κ1) is 20.4. The van der Waals surface area contributed by atoms with Gasteiger partial charge in [-0.05, 0) is 17.7 Å². The van der Waals surface area contributed by atoms with Gasteiger partial charge in [-0.2, -0.15) is 0 Å². The Morgan fingerprint density at radius 2 is 1.68 bits per heavy atom. The van der Waals surface area contributed by atoms with E-state index in [0.29, 0.717) is 28.2 Å². The fourth-order valence-corrected chi connectivity index (χ4v) is 3.61. The predicted molar refractivity (Wildman–Crippen MR) is 113 cm³/mol. The van der Waals surface area contributed by atoms with Gasteiger partial charge in [0.2, 0.25) is 5.75 Å². The Morgan fingerprint density at radius 1 is 0.935 bits per heavy atom. The van der Waals surface area contributed by atoms with E-state index in [1.165, 1.54) is 21.3 Å². The highest BCUT2D eigenvalue weighted by atomic mass is 16.5. The number of cyclic esters (lactones) is 1. The van der Waals surface area contributed by atoms with Crippen LogP contribution < -0.4 is 18.9 Å². The van der Waals surface area contributed by atoms with Crippen molar-refractivity contribution in [2.24, 2.45) is 0 Å². The van der Waals surface area contributed by atoms with Crippen LogP contribution in [0, 0.1) is 0 Å². The number of benzene rings is 3. The molecule has 0 radical (unpaired) electrons. The smallest absolute Gasteiger partial charge is 0.342 e. The van der Waals surface area contributed by atoms with Crippen LogP contribution in [0.5, 0.6) is 28.7 Å². The molecule has 7 heteroatoms. The van der Waals surface area contributed by atoms with Crippen LogP contribution in [-0.4, -0.2) is 32.4 Å². The Hall–Kier alpha value is -3.87. The Morgan fingerprint density at radius 3 is 2.35 bits per heavy atom. The van der Waals surface area contributed by atoms with Crippen LogP contribution in [0.4, 0.5) is 0 Å². The summed E-state index contributed by atoms with van der Waals surface area (Å²) in [4.78, 5) is 12.7. The van der Waals surface area contributed by atoms with Crippen molar-refractivity contribution < 1.29 is 33.6 Å². The number of carbonyl (C=O) groups is 1. The molecule has 160 valence electrons. The molecule has 3 aromatic carbocycles. The summed E-state index contributed by atoms with van der Waals surface area (Å²) in [5.41, 5.74) is 2.54. The van der Waals surface area contributed by atoms with Crippen LogP contribution in [0.25, 0.3) is 11.1 Å². The molecule has 0 bridgehead atoms. The normalized spacial score (nSPS) is 12.2. The predicted octanol–water partition coefficient (Wildman–Crippen LogP) is 4.33. The molecule has 0 saturated heterocycles. The maximum absolute atomic E-state index is 12.7. The second-order valence-corrected chi connectivity index (χ2v) is 6.89. The lowest BCUT2D eigenvalue weighted by atomic mass is 9.93. The molecule has 0 atom stereocenters. The van der Waals surface area contributed by atoms with Gasteiger partial charge in [0.1, 0.15) is 30.3 Å². The zero-order chi connectivity index (χ0) is 22.0. The molecular formula is C24H22O7. The van der Waals surface area contributed by atoms with Crippen molar-refractivity contribution in [1.82, 2.24) is 0 Å². The molecule has 7 nitrogen and oxygen atoms in total. The Kier molecular flexibility index (Phi) is 5.58. The number of carbonyl (C=O) groups excluding carboxylic acids is 1. The van der Waals surface area contributed by atoms with Crippen molar-refractivity contribution in [3.05, 3.63) is 65.2 Å². The standard InChI is InChI=1S/C24H22O7/c1-27-16-10-17-20-15(13-31-24(26)21(17)18(11-16)28-2)9-19(29-3)23(22(20)25)30-12-14-7-5-4-6-8-14/h4-11,25H,12-13H2,1-3H3. The lowest BCUT2D eigenvalue weighted by Gasteiger charge is -2.19. The number of phenols is 1. The molecule has 1 aliphatic heterocycles. The third kappa shape index (κ3) is 3.70. The zero-order valence-electron chi connectivity index (χ0n) is 17.4. The first-order valence-electron chi connectivity index (χ1n) is 9.60. The summed E-state index contributed by atoms with van der Waals surface area (Å²) in [6.45, 7) is 0.185. The highest BCUT2D eigenvalue weighted by Gasteiger charge is 2.31. The Balaban J connectivity index is 1.90. The Labute approximate surface area is 179 Å². The minimum Gasteiger partial charge on any atom is -0.504 e. The highest BCUT2D eigenvalue weighted by Crippen LogP contribution is 2.50. The van der Waals surface area contributed by atoms with E-state index in [9.17, 15) is 9.90 Å².